The lowest BCUT2D eigenvalue weighted by molar-refractivity contribution is -0.139. The van der Waals surface area contributed by atoms with Gasteiger partial charge in [0.1, 0.15) is 0 Å². The molecule has 0 radical (unpaired) electrons. The number of pyridine rings is 1. The molecule has 0 atom stereocenters. The molecule has 1 aromatic carbocycles. The van der Waals surface area contributed by atoms with Gasteiger partial charge >= 0.3 is 6.18 Å². The quantitative estimate of drug-likeness (QED) is 0.650. The minimum Gasteiger partial charge on any atom is -0.353 e. The fraction of sp³-hybridized carbons (Fsp3) is 0.0833. The molecule has 0 saturated carbocycles. The molecule has 0 bridgehead atoms. The fourth-order valence-electron chi connectivity index (χ4n) is 2.01. The first kappa shape index (κ1) is 11.5. The van der Waals surface area contributed by atoms with E-state index in [9.17, 15) is 13.2 Å². The van der Waals surface area contributed by atoms with Crippen LogP contribution in [0.3, 0.4) is 0 Å². The molecule has 0 aliphatic heterocycles. The third-order valence-corrected chi connectivity index (χ3v) is 3.24. The smallest absolute Gasteiger partial charge is 0.353 e. The van der Waals surface area contributed by atoms with Crippen LogP contribution in [0.4, 0.5) is 13.2 Å². The first-order chi connectivity index (χ1) is 8.47. The van der Waals surface area contributed by atoms with Gasteiger partial charge in [0.25, 0.3) is 0 Å². The van der Waals surface area contributed by atoms with Gasteiger partial charge in [-0.15, -0.1) is 0 Å². The van der Waals surface area contributed by atoms with Gasteiger partial charge in [0.2, 0.25) is 0 Å². The first-order valence-electron chi connectivity index (χ1n) is 5.10. The SMILES string of the molecule is FC(F)(F)c1nccc2c1[nH]c1ccc(Br)cc12. The maximum Gasteiger partial charge on any atom is 0.435 e. The molecule has 3 rings (SSSR count). The van der Waals surface area contributed by atoms with Gasteiger partial charge in [-0.1, -0.05) is 15.9 Å². The number of H-pyrrole nitrogens is 1. The average Bonchev–Trinajstić information content (AvgIpc) is 2.65. The molecule has 18 heavy (non-hydrogen) atoms. The Labute approximate surface area is 108 Å². The van der Waals surface area contributed by atoms with E-state index in [0.717, 1.165) is 9.86 Å². The summed E-state index contributed by atoms with van der Waals surface area (Å²) in [6.07, 6.45) is -3.28. The largest absolute Gasteiger partial charge is 0.435 e. The van der Waals surface area contributed by atoms with Gasteiger partial charge in [0, 0.05) is 27.0 Å². The highest BCUT2D eigenvalue weighted by atomic mass is 79.9. The second kappa shape index (κ2) is 3.71. The molecule has 0 spiro atoms. The summed E-state index contributed by atoms with van der Waals surface area (Å²) in [7, 11) is 0. The van der Waals surface area contributed by atoms with Crippen molar-refractivity contribution in [2.75, 3.05) is 0 Å². The number of aromatic nitrogens is 2. The Kier molecular flexibility index (Phi) is 2.38. The number of alkyl halides is 3. The van der Waals surface area contributed by atoms with Crippen molar-refractivity contribution in [3.05, 3.63) is 40.6 Å². The lowest BCUT2D eigenvalue weighted by atomic mass is 10.1. The number of aromatic amines is 1. The van der Waals surface area contributed by atoms with Gasteiger partial charge in [-0.05, 0) is 24.3 Å². The van der Waals surface area contributed by atoms with Crippen LogP contribution in [0.25, 0.3) is 21.8 Å². The van der Waals surface area contributed by atoms with Crippen molar-refractivity contribution in [2.24, 2.45) is 0 Å². The van der Waals surface area contributed by atoms with Crippen LogP contribution in [0.2, 0.25) is 0 Å². The van der Waals surface area contributed by atoms with Crippen molar-refractivity contribution >= 4 is 37.7 Å². The molecule has 2 aromatic heterocycles. The molecule has 0 aliphatic rings. The molecule has 3 aromatic rings. The fourth-order valence-corrected chi connectivity index (χ4v) is 2.37. The van der Waals surface area contributed by atoms with E-state index in [0.29, 0.717) is 10.9 Å². The lowest BCUT2D eigenvalue weighted by Crippen LogP contribution is -2.08. The van der Waals surface area contributed by atoms with Crippen LogP contribution in [0.5, 0.6) is 0 Å². The van der Waals surface area contributed by atoms with E-state index < -0.39 is 11.9 Å². The zero-order chi connectivity index (χ0) is 12.9. The Morgan fingerprint density at radius 3 is 2.61 bits per heavy atom. The molecule has 0 fully saturated rings. The molecule has 0 saturated heterocycles. The number of fused-ring (bicyclic) bond motifs is 3. The van der Waals surface area contributed by atoms with E-state index in [4.69, 9.17) is 0 Å². The number of rotatable bonds is 0. The molecule has 0 unspecified atom stereocenters. The zero-order valence-electron chi connectivity index (χ0n) is 8.85. The predicted octanol–water partition coefficient (Wildman–Crippen LogP) is 4.50. The van der Waals surface area contributed by atoms with Crippen LogP contribution < -0.4 is 0 Å². The van der Waals surface area contributed by atoms with Crippen LogP contribution >= 0.6 is 15.9 Å². The molecule has 0 amide bonds. The lowest BCUT2D eigenvalue weighted by Gasteiger charge is -2.05. The molecule has 2 nitrogen and oxygen atoms in total. The Morgan fingerprint density at radius 1 is 1.11 bits per heavy atom. The van der Waals surface area contributed by atoms with Crippen molar-refractivity contribution in [3.8, 4) is 0 Å². The van der Waals surface area contributed by atoms with Crippen LogP contribution in [0.1, 0.15) is 5.69 Å². The first-order valence-corrected chi connectivity index (χ1v) is 5.89. The molecule has 6 heteroatoms. The highest BCUT2D eigenvalue weighted by Gasteiger charge is 2.35. The molecule has 2 heterocycles. The highest BCUT2D eigenvalue weighted by Crippen LogP contribution is 2.36. The van der Waals surface area contributed by atoms with Gasteiger partial charge in [0.05, 0.1) is 5.52 Å². The number of nitrogens with zero attached hydrogens (tertiary/aromatic N) is 1. The summed E-state index contributed by atoms with van der Waals surface area (Å²) in [5.41, 5.74) is -0.197. The van der Waals surface area contributed by atoms with Crippen molar-refractivity contribution < 1.29 is 13.2 Å². The average molecular weight is 315 g/mol. The summed E-state index contributed by atoms with van der Waals surface area (Å²) in [6, 6.07) is 6.88. The second-order valence-corrected chi connectivity index (χ2v) is 4.81. The van der Waals surface area contributed by atoms with Gasteiger partial charge < -0.3 is 4.98 Å². The van der Waals surface area contributed by atoms with Crippen molar-refractivity contribution in [2.45, 2.75) is 6.18 Å². The molecule has 92 valence electrons. The zero-order valence-corrected chi connectivity index (χ0v) is 10.4. The van der Waals surface area contributed by atoms with Gasteiger partial charge in [-0.3, -0.25) is 0 Å². The summed E-state index contributed by atoms with van der Waals surface area (Å²) in [6.45, 7) is 0. The predicted molar refractivity (Wildman–Crippen MR) is 66.3 cm³/mol. The molecule has 0 aliphatic carbocycles. The van der Waals surface area contributed by atoms with Crippen molar-refractivity contribution in [1.82, 2.24) is 9.97 Å². The monoisotopic (exact) mass is 314 g/mol. The van der Waals surface area contributed by atoms with E-state index in [1.807, 2.05) is 0 Å². The summed E-state index contributed by atoms with van der Waals surface area (Å²) < 4.78 is 39.3. The third kappa shape index (κ3) is 1.68. The van der Waals surface area contributed by atoms with E-state index in [1.165, 1.54) is 6.20 Å². The normalized spacial score (nSPS) is 12.4. The maximum absolute atomic E-state index is 12.8. The number of benzene rings is 1. The van der Waals surface area contributed by atoms with Crippen LogP contribution in [-0.4, -0.2) is 9.97 Å². The minimum atomic E-state index is -4.46. The molecule has 1 N–H and O–H groups in total. The standard InChI is InChI=1S/C12H6BrF3N2/c13-6-1-2-9-8(5-6)7-3-4-17-11(10(7)18-9)12(14,15)16/h1-5,18H. The Hall–Kier alpha value is -1.56. The summed E-state index contributed by atoms with van der Waals surface area (Å²) in [5.74, 6) is 0. The topological polar surface area (TPSA) is 28.7 Å². The Balaban J connectivity index is 2.47. The maximum atomic E-state index is 12.8. The van der Waals surface area contributed by atoms with E-state index in [-0.39, 0.29) is 5.52 Å². The van der Waals surface area contributed by atoms with E-state index in [1.54, 1.807) is 24.3 Å². The number of hydrogen-bond donors (Lipinski definition) is 1. The van der Waals surface area contributed by atoms with E-state index >= 15 is 0 Å². The van der Waals surface area contributed by atoms with Crippen molar-refractivity contribution in [1.29, 1.82) is 0 Å². The van der Waals surface area contributed by atoms with Crippen LogP contribution in [-0.2, 0) is 6.18 Å². The highest BCUT2D eigenvalue weighted by molar-refractivity contribution is 9.10. The van der Waals surface area contributed by atoms with Gasteiger partial charge in [-0.25, -0.2) is 4.98 Å². The number of halogens is 4. The third-order valence-electron chi connectivity index (χ3n) is 2.75. The second-order valence-electron chi connectivity index (χ2n) is 3.89. The summed E-state index contributed by atoms with van der Waals surface area (Å²) >= 11 is 3.31. The van der Waals surface area contributed by atoms with E-state index in [2.05, 4.69) is 25.9 Å². The van der Waals surface area contributed by atoms with Gasteiger partial charge in [-0.2, -0.15) is 13.2 Å². The number of nitrogens with one attached hydrogen (secondary N) is 1. The molecular formula is C12H6BrF3N2. The molecular weight excluding hydrogens is 309 g/mol. The summed E-state index contributed by atoms with van der Waals surface area (Å²) in [5, 5.41) is 1.26. The van der Waals surface area contributed by atoms with Crippen molar-refractivity contribution in [3.63, 3.8) is 0 Å². The van der Waals surface area contributed by atoms with Gasteiger partial charge in [0.15, 0.2) is 5.69 Å². The minimum absolute atomic E-state index is 0.0260. The summed E-state index contributed by atoms with van der Waals surface area (Å²) in [4.78, 5) is 6.20. The Morgan fingerprint density at radius 2 is 1.89 bits per heavy atom. The van der Waals surface area contributed by atoms with Crippen LogP contribution in [0, 0.1) is 0 Å². The Bertz CT molecular complexity index is 746. The van der Waals surface area contributed by atoms with Crippen LogP contribution in [0.15, 0.2) is 34.9 Å². The number of hydrogen-bond acceptors (Lipinski definition) is 1.